The van der Waals surface area contributed by atoms with Crippen molar-refractivity contribution in [1.29, 1.82) is 0 Å². The molecule has 0 fully saturated rings. The van der Waals surface area contributed by atoms with Crippen LogP contribution in [-0.2, 0) is 0 Å². The molecule has 74 valence electrons. The maximum atomic E-state index is 5.62. The van der Waals surface area contributed by atoms with Gasteiger partial charge < -0.3 is 0 Å². The van der Waals surface area contributed by atoms with Gasteiger partial charge in [0, 0.05) is 0 Å². The van der Waals surface area contributed by atoms with Crippen LogP contribution in [0.25, 0.3) is 0 Å². The molecule has 0 amide bonds. The first-order valence-corrected chi connectivity index (χ1v) is 5.43. The summed E-state index contributed by atoms with van der Waals surface area (Å²) in [5.74, 6) is 0. The van der Waals surface area contributed by atoms with Gasteiger partial charge in [0.1, 0.15) is 0 Å². The van der Waals surface area contributed by atoms with Crippen LogP contribution in [0, 0.1) is 0 Å². The van der Waals surface area contributed by atoms with Crippen LogP contribution in [0.4, 0.5) is 0 Å². The summed E-state index contributed by atoms with van der Waals surface area (Å²) in [6, 6.07) is 0. The van der Waals surface area contributed by atoms with Crippen molar-refractivity contribution in [2.75, 3.05) is 19.6 Å². The standard InChI is InChI=1S/C9H22N3.Li/c10-6-3-1-2-4-8-12-9-5-7-11;/h7,12H,1-6,8-11H2;. The van der Waals surface area contributed by atoms with Gasteiger partial charge in [-0.05, 0) is 0 Å². The van der Waals surface area contributed by atoms with Crippen LogP contribution in [0.15, 0.2) is 0 Å². The average molecular weight is 179 g/mol. The van der Waals surface area contributed by atoms with E-state index < -0.39 is 0 Å². The number of unbranched alkanes of at least 4 members (excludes halogenated alkanes) is 3. The minimum absolute atomic E-state index is 0.324. The van der Waals surface area contributed by atoms with Gasteiger partial charge in [0.25, 0.3) is 0 Å². The Balaban J connectivity index is 2.84. The van der Waals surface area contributed by atoms with Crippen molar-refractivity contribution in [3.63, 3.8) is 0 Å². The van der Waals surface area contributed by atoms with E-state index in [1.54, 1.807) is 0 Å². The molecule has 0 saturated heterocycles. The third-order valence-electron chi connectivity index (χ3n) is 2.08. The summed E-state index contributed by atoms with van der Waals surface area (Å²) in [6.45, 7) is 3.00. The number of nitrogens with two attached hydrogens (primary N) is 2. The first-order chi connectivity index (χ1) is 6.27. The van der Waals surface area contributed by atoms with E-state index in [1.165, 1.54) is 25.7 Å². The summed E-state index contributed by atoms with van der Waals surface area (Å²) in [4.78, 5) is 0. The molecule has 0 aromatic rings. The zero-order chi connectivity index (χ0) is 9.94. The Hall–Kier alpha value is 0.477. The molecular weight excluding hydrogens is 157 g/mol. The van der Waals surface area contributed by atoms with Gasteiger partial charge in [-0.3, -0.25) is 0 Å². The Labute approximate surface area is 91.2 Å². The average Bonchev–Trinajstić information content (AvgIpc) is 2.09. The fraction of sp³-hybridized carbons (Fsp3) is 1.00. The summed E-state index contributed by atoms with van der Waals surface area (Å²) >= 11 is 2.04. The predicted molar refractivity (Wildman–Crippen MR) is 58.7 cm³/mol. The van der Waals surface area contributed by atoms with Crippen molar-refractivity contribution in [3.8, 4) is 0 Å². The van der Waals surface area contributed by atoms with Crippen molar-refractivity contribution in [3.05, 3.63) is 0 Å². The Bertz CT molecular complexity index is 98.9. The van der Waals surface area contributed by atoms with Gasteiger partial charge in [0.2, 0.25) is 0 Å². The van der Waals surface area contributed by atoms with Crippen molar-refractivity contribution in [1.82, 2.24) is 5.32 Å². The molecule has 0 rings (SSSR count). The monoisotopic (exact) mass is 179 g/mol. The summed E-state index contributed by atoms with van der Waals surface area (Å²) in [6.07, 6.45) is 6.06. The topological polar surface area (TPSA) is 64.1 Å². The molecule has 1 unspecified atom stereocenters. The van der Waals surface area contributed by atoms with Gasteiger partial charge in [-0.15, -0.1) is 0 Å². The number of rotatable bonds is 9. The SMILES string of the molecule is [Li][CH](N)CCNCCCCCCN. The second-order valence-electron chi connectivity index (χ2n) is 3.72. The van der Waals surface area contributed by atoms with Crippen molar-refractivity contribution >= 4 is 17.7 Å². The molecule has 0 aliphatic carbocycles. The Morgan fingerprint density at radius 1 is 1.08 bits per heavy atom. The molecule has 3 nitrogen and oxygen atoms in total. The van der Waals surface area contributed by atoms with Crippen LogP contribution < -0.4 is 16.8 Å². The second-order valence-corrected chi connectivity index (χ2v) is 3.72. The molecule has 0 saturated carbocycles. The fourth-order valence-corrected chi connectivity index (χ4v) is 1.20. The molecule has 0 spiro atoms. The summed E-state index contributed by atoms with van der Waals surface area (Å²) in [7, 11) is 0. The molecule has 0 aliphatic rings. The molecule has 0 aromatic heterocycles. The van der Waals surface area contributed by atoms with E-state index in [2.05, 4.69) is 5.32 Å². The molecule has 13 heavy (non-hydrogen) atoms. The molecule has 0 aromatic carbocycles. The van der Waals surface area contributed by atoms with Gasteiger partial charge >= 0.3 is 91.0 Å². The van der Waals surface area contributed by atoms with E-state index >= 15 is 0 Å². The van der Waals surface area contributed by atoms with E-state index in [9.17, 15) is 0 Å². The molecule has 1 atom stereocenters. The summed E-state index contributed by atoms with van der Waals surface area (Å²) in [5, 5.41) is 3.38. The van der Waals surface area contributed by atoms with Crippen molar-refractivity contribution in [2.45, 2.75) is 36.8 Å². The van der Waals surface area contributed by atoms with E-state index in [-0.39, 0.29) is 0 Å². The molecule has 4 heteroatoms. The first kappa shape index (κ1) is 13.5. The Morgan fingerprint density at radius 3 is 2.38 bits per heavy atom. The number of hydrogen-bond donors (Lipinski definition) is 3. The van der Waals surface area contributed by atoms with Gasteiger partial charge in [-0.25, -0.2) is 0 Å². The Kier molecular flexibility index (Phi) is 10.9. The van der Waals surface area contributed by atoms with Crippen LogP contribution in [0.2, 0.25) is 0 Å². The molecule has 5 N–H and O–H groups in total. The third kappa shape index (κ3) is 12.5. The van der Waals surface area contributed by atoms with E-state index in [0.717, 1.165) is 26.1 Å². The quantitative estimate of drug-likeness (QED) is 0.343. The third-order valence-corrected chi connectivity index (χ3v) is 2.08. The molecule has 0 bridgehead atoms. The normalized spacial score (nSPS) is 13.2. The van der Waals surface area contributed by atoms with Crippen LogP contribution >= 0.6 is 0 Å². The minimum atomic E-state index is 0.324. The molecule has 0 aliphatic heterocycles. The zero-order valence-electron chi connectivity index (χ0n) is 8.89. The predicted octanol–water partition coefficient (Wildman–Crippen LogP) is -0.0615. The van der Waals surface area contributed by atoms with E-state index in [4.69, 9.17) is 11.5 Å². The van der Waals surface area contributed by atoms with Crippen LogP contribution in [0.1, 0.15) is 32.1 Å². The summed E-state index contributed by atoms with van der Waals surface area (Å²) in [5.41, 5.74) is 11.0. The van der Waals surface area contributed by atoms with E-state index in [1.807, 2.05) is 17.7 Å². The number of hydrogen-bond acceptors (Lipinski definition) is 3. The molecular formula is C9H22LiN3. The first-order valence-electron chi connectivity index (χ1n) is 5.43. The fourth-order valence-electron chi connectivity index (χ4n) is 1.20. The zero-order valence-corrected chi connectivity index (χ0v) is 8.89. The maximum absolute atomic E-state index is 5.62. The van der Waals surface area contributed by atoms with Gasteiger partial charge in [0.05, 0.1) is 0 Å². The Morgan fingerprint density at radius 2 is 1.77 bits per heavy atom. The van der Waals surface area contributed by atoms with Crippen LogP contribution in [-0.4, -0.2) is 42.1 Å². The van der Waals surface area contributed by atoms with Crippen LogP contribution in [0.3, 0.4) is 0 Å². The van der Waals surface area contributed by atoms with Crippen molar-refractivity contribution in [2.24, 2.45) is 11.5 Å². The molecule has 0 heterocycles. The van der Waals surface area contributed by atoms with Gasteiger partial charge in [-0.2, -0.15) is 0 Å². The van der Waals surface area contributed by atoms with E-state index in [0.29, 0.717) is 4.71 Å². The number of nitrogens with one attached hydrogen (secondary N) is 1. The van der Waals surface area contributed by atoms with Gasteiger partial charge in [0.15, 0.2) is 0 Å². The van der Waals surface area contributed by atoms with Crippen LogP contribution in [0.5, 0.6) is 0 Å². The summed E-state index contributed by atoms with van der Waals surface area (Å²) < 4.78 is 0.324. The van der Waals surface area contributed by atoms with Crippen molar-refractivity contribution < 1.29 is 0 Å². The molecule has 0 radical (unpaired) electrons. The second kappa shape index (κ2) is 10.6. The van der Waals surface area contributed by atoms with Gasteiger partial charge in [-0.1, -0.05) is 0 Å².